The minimum Gasteiger partial charge on any atom is -0.493 e. The summed E-state index contributed by atoms with van der Waals surface area (Å²) in [5, 5.41) is 8.80. The number of aliphatic hydroxyl groups is 1. The number of benzene rings is 1. The lowest BCUT2D eigenvalue weighted by Crippen LogP contribution is -2.13. The van der Waals surface area contributed by atoms with E-state index >= 15 is 0 Å². The standard InChI is InChI=1S/C23H36O3/c1-2-3-5-8-19-9-11-20(12-10-19)21-13-14-23(22(17-21)18-25)26-16-7-4-6-15-24/h13-14,17-20,24H,2-12,15-16H2,1H3. The van der Waals surface area contributed by atoms with Crippen molar-refractivity contribution in [2.24, 2.45) is 5.92 Å². The van der Waals surface area contributed by atoms with Crippen LogP contribution in [0.15, 0.2) is 18.2 Å². The third kappa shape index (κ3) is 6.75. The smallest absolute Gasteiger partial charge is 0.153 e. The molecule has 0 saturated heterocycles. The summed E-state index contributed by atoms with van der Waals surface area (Å²) in [4.78, 5) is 11.5. The molecule has 0 radical (unpaired) electrons. The van der Waals surface area contributed by atoms with E-state index in [2.05, 4.69) is 13.0 Å². The van der Waals surface area contributed by atoms with Crippen molar-refractivity contribution in [3.63, 3.8) is 0 Å². The monoisotopic (exact) mass is 360 g/mol. The van der Waals surface area contributed by atoms with E-state index in [9.17, 15) is 4.79 Å². The van der Waals surface area contributed by atoms with Crippen molar-refractivity contribution in [1.82, 2.24) is 0 Å². The molecule has 26 heavy (non-hydrogen) atoms. The summed E-state index contributed by atoms with van der Waals surface area (Å²) >= 11 is 0. The maximum atomic E-state index is 11.5. The number of carbonyl (C=O) groups excluding carboxylic acids is 1. The first-order valence-corrected chi connectivity index (χ1v) is 10.6. The maximum absolute atomic E-state index is 11.5. The molecule has 0 atom stereocenters. The van der Waals surface area contributed by atoms with Crippen LogP contribution in [0.5, 0.6) is 5.75 Å². The molecule has 0 aromatic heterocycles. The van der Waals surface area contributed by atoms with Crippen molar-refractivity contribution in [2.75, 3.05) is 13.2 Å². The number of hydrogen-bond acceptors (Lipinski definition) is 3. The summed E-state index contributed by atoms with van der Waals surface area (Å²) in [6.45, 7) is 3.10. The molecule has 1 aromatic carbocycles. The first kappa shape index (κ1) is 21.0. The van der Waals surface area contributed by atoms with Crippen LogP contribution in [-0.4, -0.2) is 24.6 Å². The van der Waals surface area contributed by atoms with Gasteiger partial charge in [0.15, 0.2) is 6.29 Å². The minimum atomic E-state index is 0.231. The molecule has 1 N–H and O–H groups in total. The molecule has 3 heteroatoms. The number of rotatable bonds is 12. The van der Waals surface area contributed by atoms with E-state index < -0.39 is 0 Å². The number of carbonyl (C=O) groups is 1. The Morgan fingerprint density at radius 2 is 1.88 bits per heavy atom. The van der Waals surface area contributed by atoms with Gasteiger partial charge in [-0.1, -0.05) is 38.7 Å². The van der Waals surface area contributed by atoms with Gasteiger partial charge in [0.25, 0.3) is 0 Å². The van der Waals surface area contributed by atoms with Gasteiger partial charge in [-0.05, 0) is 74.5 Å². The van der Waals surface area contributed by atoms with E-state index in [0.29, 0.717) is 23.8 Å². The van der Waals surface area contributed by atoms with Crippen LogP contribution in [0, 0.1) is 5.92 Å². The second kappa shape index (κ2) is 12.1. The van der Waals surface area contributed by atoms with Crippen molar-refractivity contribution < 1.29 is 14.6 Å². The van der Waals surface area contributed by atoms with Crippen LogP contribution in [0.2, 0.25) is 0 Å². The normalized spacial score (nSPS) is 20.1. The average molecular weight is 361 g/mol. The van der Waals surface area contributed by atoms with Gasteiger partial charge in [-0.2, -0.15) is 0 Å². The zero-order valence-corrected chi connectivity index (χ0v) is 16.4. The van der Waals surface area contributed by atoms with E-state index in [1.165, 1.54) is 56.9 Å². The molecule has 1 aliphatic rings. The number of aldehydes is 1. The summed E-state index contributed by atoms with van der Waals surface area (Å²) < 4.78 is 5.78. The summed E-state index contributed by atoms with van der Waals surface area (Å²) in [7, 11) is 0. The topological polar surface area (TPSA) is 46.5 Å². The predicted molar refractivity (Wildman–Crippen MR) is 107 cm³/mol. The fourth-order valence-corrected chi connectivity index (χ4v) is 4.08. The Morgan fingerprint density at radius 1 is 1.08 bits per heavy atom. The third-order valence-electron chi connectivity index (χ3n) is 5.75. The zero-order valence-electron chi connectivity index (χ0n) is 16.4. The quantitative estimate of drug-likeness (QED) is 0.373. The second-order valence-electron chi connectivity index (χ2n) is 7.76. The average Bonchev–Trinajstić information content (AvgIpc) is 2.68. The van der Waals surface area contributed by atoms with Crippen molar-refractivity contribution in [1.29, 1.82) is 0 Å². The van der Waals surface area contributed by atoms with Crippen LogP contribution in [0.1, 0.15) is 99.4 Å². The van der Waals surface area contributed by atoms with Gasteiger partial charge in [0.1, 0.15) is 5.75 Å². The first-order chi connectivity index (χ1) is 12.8. The lowest BCUT2D eigenvalue weighted by atomic mass is 9.77. The van der Waals surface area contributed by atoms with Gasteiger partial charge in [-0.15, -0.1) is 0 Å². The van der Waals surface area contributed by atoms with Crippen molar-refractivity contribution in [3.8, 4) is 5.75 Å². The van der Waals surface area contributed by atoms with Gasteiger partial charge in [-0.25, -0.2) is 0 Å². The SMILES string of the molecule is CCCCCC1CCC(c2ccc(OCCCCCO)c(C=O)c2)CC1. The van der Waals surface area contributed by atoms with Crippen molar-refractivity contribution >= 4 is 6.29 Å². The molecule has 1 fully saturated rings. The molecule has 3 nitrogen and oxygen atoms in total. The van der Waals surface area contributed by atoms with Crippen LogP contribution < -0.4 is 4.74 Å². The fourth-order valence-electron chi connectivity index (χ4n) is 4.08. The van der Waals surface area contributed by atoms with E-state index in [1.54, 1.807) is 0 Å². The predicted octanol–water partition coefficient (Wildman–Crippen LogP) is 5.89. The molecule has 1 aromatic rings. The van der Waals surface area contributed by atoms with Crippen LogP contribution in [0.25, 0.3) is 0 Å². The van der Waals surface area contributed by atoms with Crippen molar-refractivity contribution in [3.05, 3.63) is 29.3 Å². The number of aliphatic hydroxyl groups excluding tert-OH is 1. The molecule has 0 unspecified atom stereocenters. The minimum absolute atomic E-state index is 0.231. The van der Waals surface area contributed by atoms with Gasteiger partial charge in [0.05, 0.1) is 12.2 Å². The van der Waals surface area contributed by atoms with E-state index in [0.717, 1.165) is 31.5 Å². The zero-order chi connectivity index (χ0) is 18.6. The molecule has 146 valence electrons. The number of unbranched alkanes of at least 4 members (excludes halogenated alkanes) is 4. The molecule has 0 amide bonds. The maximum Gasteiger partial charge on any atom is 0.153 e. The van der Waals surface area contributed by atoms with Gasteiger partial charge in [-0.3, -0.25) is 4.79 Å². The van der Waals surface area contributed by atoms with E-state index in [-0.39, 0.29) is 6.61 Å². The first-order valence-electron chi connectivity index (χ1n) is 10.6. The van der Waals surface area contributed by atoms with Crippen LogP contribution in [-0.2, 0) is 0 Å². The Morgan fingerprint density at radius 3 is 2.58 bits per heavy atom. The highest BCUT2D eigenvalue weighted by Gasteiger charge is 2.22. The Balaban J connectivity index is 1.84. The molecule has 1 saturated carbocycles. The molecule has 0 heterocycles. The Labute approximate surface area is 159 Å². The van der Waals surface area contributed by atoms with E-state index in [1.807, 2.05) is 12.1 Å². The van der Waals surface area contributed by atoms with Gasteiger partial charge in [0.2, 0.25) is 0 Å². The Bertz CT molecular complexity index is 518. The largest absolute Gasteiger partial charge is 0.493 e. The summed E-state index contributed by atoms with van der Waals surface area (Å²) in [6.07, 6.45) is 14.2. The lowest BCUT2D eigenvalue weighted by Gasteiger charge is -2.29. The van der Waals surface area contributed by atoms with Crippen LogP contribution in [0.4, 0.5) is 0 Å². The van der Waals surface area contributed by atoms with Gasteiger partial charge >= 0.3 is 0 Å². The lowest BCUT2D eigenvalue weighted by molar-refractivity contribution is 0.111. The highest BCUT2D eigenvalue weighted by molar-refractivity contribution is 5.79. The Kier molecular flexibility index (Phi) is 9.76. The summed E-state index contributed by atoms with van der Waals surface area (Å²) in [5.41, 5.74) is 1.97. The van der Waals surface area contributed by atoms with Crippen molar-refractivity contribution in [2.45, 2.75) is 83.5 Å². The van der Waals surface area contributed by atoms with Crippen LogP contribution >= 0.6 is 0 Å². The summed E-state index contributed by atoms with van der Waals surface area (Å²) in [6, 6.07) is 6.16. The molecule has 2 rings (SSSR count). The number of ether oxygens (including phenoxy) is 1. The molecule has 1 aliphatic carbocycles. The van der Waals surface area contributed by atoms with Gasteiger partial charge in [0, 0.05) is 6.61 Å². The van der Waals surface area contributed by atoms with E-state index in [4.69, 9.17) is 9.84 Å². The highest BCUT2D eigenvalue weighted by atomic mass is 16.5. The number of hydrogen-bond donors (Lipinski definition) is 1. The molecule has 0 bridgehead atoms. The molecule has 0 spiro atoms. The highest BCUT2D eigenvalue weighted by Crippen LogP contribution is 2.38. The van der Waals surface area contributed by atoms with Crippen LogP contribution in [0.3, 0.4) is 0 Å². The molecule has 0 aliphatic heterocycles. The third-order valence-corrected chi connectivity index (χ3v) is 5.75. The second-order valence-corrected chi connectivity index (χ2v) is 7.76. The molecular weight excluding hydrogens is 324 g/mol. The van der Waals surface area contributed by atoms with Gasteiger partial charge < -0.3 is 9.84 Å². The molecular formula is C23H36O3. The Hall–Kier alpha value is -1.35. The summed E-state index contributed by atoms with van der Waals surface area (Å²) in [5.74, 6) is 2.19. The fraction of sp³-hybridized carbons (Fsp3) is 0.696.